The Balaban J connectivity index is 1.73. The number of carbonyl (C=O) groups excluding carboxylic acids is 2. The lowest BCUT2D eigenvalue weighted by atomic mass is 10.0. The van der Waals surface area contributed by atoms with Crippen LogP contribution in [0.15, 0.2) is 78.9 Å². The van der Waals surface area contributed by atoms with Crippen molar-refractivity contribution in [1.82, 2.24) is 10.6 Å². The second-order valence-corrected chi connectivity index (χ2v) is 7.99. The number of nitrogens with one attached hydrogen (secondary N) is 3. The molecular formula is C24H23Cl2N3O3. The highest BCUT2D eigenvalue weighted by Crippen LogP contribution is 2.25. The summed E-state index contributed by atoms with van der Waals surface area (Å²) in [5.74, 6) is -0.826. The standard InChI is InChI=1S/C24H23Cl2N3O3/c1-15(27-18-12-13-19(25)20(26)14-18)22(30)28-21(16-8-4-2-5-9-16)24(32)29-23(31)17-10-6-3-7-11-17/h2-15,21,24,27,32H,1H3,(H,28,30)(H,29,31). The van der Waals surface area contributed by atoms with Crippen LogP contribution in [0.25, 0.3) is 0 Å². The summed E-state index contributed by atoms with van der Waals surface area (Å²) >= 11 is 12.0. The van der Waals surface area contributed by atoms with E-state index in [-0.39, 0.29) is 5.91 Å². The normalized spacial score (nSPS) is 13.5. The molecular weight excluding hydrogens is 449 g/mol. The van der Waals surface area contributed by atoms with E-state index in [1.165, 1.54) is 0 Å². The molecule has 0 spiro atoms. The van der Waals surface area contributed by atoms with Crippen LogP contribution in [0.3, 0.4) is 0 Å². The minimum absolute atomic E-state index is 0.366. The molecule has 0 bridgehead atoms. The van der Waals surface area contributed by atoms with Gasteiger partial charge in [0.2, 0.25) is 5.91 Å². The molecule has 166 valence electrons. The fraction of sp³-hybridized carbons (Fsp3) is 0.167. The van der Waals surface area contributed by atoms with Gasteiger partial charge in [-0.25, -0.2) is 0 Å². The molecule has 0 fully saturated rings. The minimum atomic E-state index is -1.36. The van der Waals surface area contributed by atoms with Crippen molar-refractivity contribution in [3.8, 4) is 0 Å². The molecule has 32 heavy (non-hydrogen) atoms. The molecule has 0 aliphatic heterocycles. The Morgan fingerprint density at radius 3 is 2.09 bits per heavy atom. The maximum Gasteiger partial charge on any atom is 0.253 e. The summed E-state index contributed by atoms with van der Waals surface area (Å²) in [5.41, 5.74) is 1.67. The van der Waals surface area contributed by atoms with Gasteiger partial charge in [0.25, 0.3) is 5.91 Å². The average Bonchev–Trinajstić information content (AvgIpc) is 2.80. The highest BCUT2D eigenvalue weighted by atomic mass is 35.5. The van der Waals surface area contributed by atoms with Crippen LogP contribution in [0, 0.1) is 0 Å². The van der Waals surface area contributed by atoms with E-state index in [1.54, 1.807) is 79.7 Å². The Kier molecular flexibility index (Phi) is 8.11. The average molecular weight is 472 g/mol. The van der Waals surface area contributed by atoms with Gasteiger partial charge in [0.05, 0.1) is 16.1 Å². The summed E-state index contributed by atoms with van der Waals surface area (Å²) in [4.78, 5) is 25.4. The smallest absolute Gasteiger partial charge is 0.253 e. The first kappa shape index (κ1) is 23.6. The lowest BCUT2D eigenvalue weighted by Gasteiger charge is -2.27. The molecule has 0 heterocycles. The first-order chi connectivity index (χ1) is 15.3. The third-order valence-electron chi connectivity index (χ3n) is 4.78. The highest BCUT2D eigenvalue weighted by Gasteiger charge is 2.27. The molecule has 0 aliphatic carbocycles. The van der Waals surface area contributed by atoms with Crippen LogP contribution in [0.2, 0.25) is 10.0 Å². The van der Waals surface area contributed by atoms with Crippen LogP contribution in [-0.4, -0.2) is 29.2 Å². The van der Waals surface area contributed by atoms with Crippen LogP contribution >= 0.6 is 23.2 Å². The third-order valence-corrected chi connectivity index (χ3v) is 5.52. The van der Waals surface area contributed by atoms with Gasteiger partial charge in [-0.15, -0.1) is 0 Å². The number of aliphatic hydroxyl groups is 1. The molecule has 6 nitrogen and oxygen atoms in total. The van der Waals surface area contributed by atoms with Gasteiger partial charge in [-0.3, -0.25) is 9.59 Å². The number of amides is 2. The maximum atomic E-state index is 12.9. The fourth-order valence-corrected chi connectivity index (χ4v) is 3.37. The van der Waals surface area contributed by atoms with Gasteiger partial charge in [0.1, 0.15) is 6.04 Å². The number of benzene rings is 3. The van der Waals surface area contributed by atoms with Crippen LogP contribution in [0.1, 0.15) is 28.9 Å². The summed E-state index contributed by atoms with van der Waals surface area (Å²) in [6.07, 6.45) is -1.36. The Labute approximate surface area is 196 Å². The van der Waals surface area contributed by atoms with E-state index in [1.807, 2.05) is 6.07 Å². The van der Waals surface area contributed by atoms with Crippen molar-refractivity contribution in [1.29, 1.82) is 0 Å². The summed E-state index contributed by atoms with van der Waals surface area (Å²) in [6.45, 7) is 1.68. The van der Waals surface area contributed by atoms with Crippen molar-refractivity contribution in [3.63, 3.8) is 0 Å². The fourth-order valence-electron chi connectivity index (χ4n) is 3.08. The number of rotatable bonds is 8. The van der Waals surface area contributed by atoms with Crippen molar-refractivity contribution in [2.75, 3.05) is 5.32 Å². The second kappa shape index (κ2) is 11.0. The molecule has 0 radical (unpaired) electrons. The van der Waals surface area contributed by atoms with E-state index in [9.17, 15) is 14.7 Å². The summed E-state index contributed by atoms with van der Waals surface area (Å²) < 4.78 is 0. The molecule has 3 atom stereocenters. The number of carbonyl (C=O) groups is 2. The van der Waals surface area contributed by atoms with Crippen LogP contribution in [0.4, 0.5) is 5.69 Å². The van der Waals surface area contributed by atoms with Gasteiger partial charge < -0.3 is 21.1 Å². The van der Waals surface area contributed by atoms with Crippen LogP contribution in [0.5, 0.6) is 0 Å². The number of anilines is 1. The Morgan fingerprint density at radius 2 is 1.47 bits per heavy atom. The zero-order valence-corrected chi connectivity index (χ0v) is 18.8. The predicted molar refractivity (Wildman–Crippen MR) is 127 cm³/mol. The lowest BCUT2D eigenvalue weighted by Crippen LogP contribution is -2.49. The first-order valence-electron chi connectivity index (χ1n) is 9.96. The zero-order chi connectivity index (χ0) is 23.1. The highest BCUT2D eigenvalue weighted by molar-refractivity contribution is 6.42. The maximum absolute atomic E-state index is 12.9. The summed E-state index contributed by atoms with van der Waals surface area (Å²) in [7, 11) is 0. The quantitative estimate of drug-likeness (QED) is 0.366. The molecule has 3 unspecified atom stereocenters. The van der Waals surface area contributed by atoms with Gasteiger partial charge in [-0.1, -0.05) is 71.7 Å². The molecule has 0 aliphatic rings. The number of aliphatic hydroxyl groups excluding tert-OH is 1. The van der Waals surface area contributed by atoms with Gasteiger partial charge in [0.15, 0.2) is 6.23 Å². The first-order valence-corrected chi connectivity index (χ1v) is 10.7. The number of halogens is 2. The Morgan fingerprint density at radius 1 is 0.844 bits per heavy atom. The molecule has 4 N–H and O–H groups in total. The topological polar surface area (TPSA) is 90.5 Å². The molecule has 8 heteroatoms. The molecule has 0 aromatic heterocycles. The molecule has 0 saturated heterocycles. The van der Waals surface area contributed by atoms with Gasteiger partial charge in [-0.05, 0) is 42.8 Å². The lowest BCUT2D eigenvalue weighted by molar-refractivity contribution is -0.123. The van der Waals surface area contributed by atoms with E-state index in [0.717, 1.165) is 0 Å². The SMILES string of the molecule is CC(Nc1ccc(Cl)c(Cl)c1)C(=O)NC(c1ccccc1)C(O)NC(=O)c1ccccc1. The van der Waals surface area contributed by atoms with Crippen molar-refractivity contribution in [3.05, 3.63) is 100 Å². The predicted octanol–water partition coefficient (Wildman–Crippen LogP) is 4.40. The summed E-state index contributed by atoms with van der Waals surface area (Å²) in [6, 6.07) is 20.9. The minimum Gasteiger partial charge on any atom is -0.374 e. The van der Waals surface area contributed by atoms with Crippen LogP contribution < -0.4 is 16.0 Å². The van der Waals surface area contributed by atoms with Gasteiger partial charge in [-0.2, -0.15) is 0 Å². The van der Waals surface area contributed by atoms with Crippen molar-refractivity contribution >= 4 is 40.7 Å². The molecule has 3 aromatic rings. The zero-order valence-electron chi connectivity index (χ0n) is 17.3. The van der Waals surface area contributed by atoms with Crippen molar-refractivity contribution in [2.24, 2.45) is 0 Å². The molecule has 0 saturated carbocycles. The van der Waals surface area contributed by atoms with E-state index in [0.29, 0.717) is 26.9 Å². The van der Waals surface area contributed by atoms with Crippen molar-refractivity contribution < 1.29 is 14.7 Å². The number of hydrogen-bond donors (Lipinski definition) is 4. The van der Waals surface area contributed by atoms with Crippen LogP contribution in [-0.2, 0) is 4.79 Å². The van der Waals surface area contributed by atoms with Gasteiger partial charge in [0, 0.05) is 11.3 Å². The third kappa shape index (κ3) is 6.23. The number of hydrogen-bond acceptors (Lipinski definition) is 4. The molecule has 3 rings (SSSR count). The Hall–Kier alpha value is -3.06. The monoisotopic (exact) mass is 471 g/mol. The van der Waals surface area contributed by atoms with E-state index in [4.69, 9.17) is 23.2 Å². The van der Waals surface area contributed by atoms with E-state index >= 15 is 0 Å². The van der Waals surface area contributed by atoms with E-state index in [2.05, 4.69) is 16.0 Å². The Bertz CT molecular complexity index is 1060. The second-order valence-electron chi connectivity index (χ2n) is 7.18. The molecule has 2 amide bonds. The summed E-state index contributed by atoms with van der Waals surface area (Å²) in [5, 5.41) is 20.0. The van der Waals surface area contributed by atoms with Gasteiger partial charge >= 0.3 is 0 Å². The largest absolute Gasteiger partial charge is 0.374 e. The molecule has 3 aromatic carbocycles. The van der Waals surface area contributed by atoms with E-state index < -0.39 is 24.2 Å². The van der Waals surface area contributed by atoms with Crippen molar-refractivity contribution in [2.45, 2.75) is 25.2 Å².